The summed E-state index contributed by atoms with van der Waals surface area (Å²) >= 11 is 5.61. The van der Waals surface area contributed by atoms with Crippen molar-refractivity contribution in [2.24, 2.45) is 0 Å². The molecule has 0 bridgehead atoms. The number of halogens is 1. The van der Waals surface area contributed by atoms with Gasteiger partial charge in [0.05, 0.1) is 17.4 Å². The van der Waals surface area contributed by atoms with Crippen molar-refractivity contribution in [2.75, 3.05) is 0 Å². The standard InChI is InChI=1S/C7H11ClN2OSi/c1-12(2,3)11-7-9-4-6(8)5-10-7/h4-5H,1-3H3. The topological polar surface area (TPSA) is 35.0 Å². The van der Waals surface area contributed by atoms with Crippen molar-refractivity contribution in [1.82, 2.24) is 9.97 Å². The Morgan fingerprint density at radius 1 is 1.25 bits per heavy atom. The molecule has 0 N–H and O–H groups in total. The second-order valence-electron chi connectivity index (χ2n) is 3.40. The zero-order valence-electron chi connectivity index (χ0n) is 7.34. The first-order valence-corrected chi connectivity index (χ1v) is 7.42. The summed E-state index contributed by atoms with van der Waals surface area (Å²) in [4.78, 5) is 7.87. The summed E-state index contributed by atoms with van der Waals surface area (Å²) in [7, 11) is -1.58. The summed E-state index contributed by atoms with van der Waals surface area (Å²) in [5.41, 5.74) is 0. The third-order valence-corrected chi connectivity index (χ3v) is 1.98. The third kappa shape index (κ3) is 3.19. The van der Waals surface area contributed by atoms with Crippen molar-refractivity contribution in [3.63, 3.8) is 0 Å². The summed E-state index contributed by atoms with van der Waals surface area (Å²) < 4.78 is 5.51. The summed E-state index contributed by atoms with van der Waals surface area (Å²) in [5.74, 6) is 0. The maximum atomic E-state index is 5.61. The molecule has 3 nitrogen and oxygen atoms in total. The van der Waals surface area contributed by atoms with E-state index >= 15 is 0 Å². The minimum atomic E-state index is -1.58. The Morgan fingerprint density at radius 2 is 1.75 bits per heavy atom. The van der Waals surface area contributed by atoms with Crippen LogP contribution in [0.1, 0.15) is 0 Å². The van der Waals surface area contributed by atoms with Gasteiger partial charge in [-0.15, -0.1) is 0 Å². The quantitative estimate of drug-likeness (QED) is 0.691. The van der Waals surface area contributed by atoms with Gasteiger partial charge in [0.25, 0.3) is 0 Å². The normalized spacial score (nSPS) is 11.3. The number of hydrogen-bond donors (Lipinski definition) is 0. The van der Waals surface area contributed by atoms with Crippen molar-refractivity contribution in [3.8, 4) is 6.01 Å². The Morgan fingerprint density at radius 3 is 2.17 bits per heavy atom. The monoisotopic (exact) mass is 202 g/mol. The van der Waals surface area contributed by atoms with Gasteiger partial charge in [0, 0.05) is 0 Å². The minimum Gasteiger partial charge on any atom is -0.518 e. The Kier molecular flexibility index (Phi) is 2.69. The predicted octanol–water partition coefficient (Wildman–Crippen LogP) is 2.34. The summed E-state index contributed by atoms with van der Waals surface area (Å²) in [6, 6.07) is 0.415. The second-order valence-corrected chi connectivity index (χ2v) is 8.26. The van der Waals surface area contributed by atoms with Crippen molar-refractivity contribution in [3.05, 3.63) is 17.4 Å². The van der Waals surface area contributed by atoms with E-state index in [-0.39, 0.29) is 0 Å². The van der Waals surface area contributed by atoms with Gasteiger partial charge in [-0.1, -0.05) is 11.6 Å². The molecule has 0 aromatic carbocycles. The van der Waals surface area contributed by atoms with E-state index in [1.807, 2.05) is 0 Å². The largest absolute Gasteiger partial charge is 0.518 e. The van der Waals surface area contributed by atoms with Crippen LogP contribution in [0, 0.1) is 0 Å². The van der Waals surface area contributed by atoms with Crippen LogP contribution in [-0.4, -0.2) is 18.3 Å². The Hall–Kier alpha value is -0.613. The van der Waals surface area contributed by atoms with E-state index < -0.39 is 8.32 Å². The van der Waals surface area contributed by atoms with Crippen LogP contribution in [0.25, 0.3) is 0 Å². The summed E-state index contributed by atoms with van der Waals surface area (Å²) in [5, 5.41) is 0.526. The van der Waals surface area contributed by atoms with Crippen molar-refractivity contribution >= 4 is 19.9 Å². The van der Waals surface area contributed by atoms with Crippen LogP contribution >= 0.6 is 11.6 Å². The van der Waals surface area contributed by atoms with Gasteiger partial charge in [-0.2, -0.15) is 0 Å². The summed E-state index contributed by atoms with van der Waals surface area (Å²) in [6.45, 7) is 6.22. The van der Waals surface area contributed by atoms with Crippen molar-refractivity contribution in [2.45, 2.75) is 19.6 Å². The molecule has 12 heavy (non-hydrogen) atoms. The zero-order valence-corrected chi connectivity index (χ0v) is 9.09. The molecule has 0 aliphatic rings. The molecule has 0 saturated carbocycles. The molecule has 0 aliphatic carbocycles. The zero-order chi connectivity index (χ0) is 9.19. The molecule has 0 atom stereocenters. The second kappa shape index (κ2) is 3.41. The maximum Gasteiger partial charge on any atom is 0.302 e. The number of hydrogen-bond acceptors (Lipinski definition) is 3. The van der Waals surface area contributed by atoms with E-state index in [2.05, 4.69) is 29.6 Å². The molecule has 0 radical (unpaired) electrons. The highest BCUT2D eigenvalue weighted by atomic mass is 35.5. The Bertz CT molecular complexity index is 257. The predicted molar refractivity (Wildman–Crippen MR) is 51.0 cm³/mol. The first kappa shape index (κ1) is 9.47. The molecule has 1 rings (SSSR count). The minimum absolute atomic E-state index is 0.415. The molecule has 66 valence electrons. The smallest absolute Gasteiger partial charge is 0.302 e. The molecule has 0 unspecified atom stereocenters. The van der Waals surface area contributed by atoms with Gasteiger partial charge in [0.1, 0.15) is 0 Å². The molecule has 0 amide bonds. The van der Waals surface area contributed by atoms with Gasteiger partial charge in [-0.3, -0.25) is 0 Å². The van der Waals surface area contributed by atoms with Crippen LogP contribution in [0.2, 0.25) is 24.7 Å². The molecule has 0 fully saturated rings. The lowest BCUT2D eigenvalue weighted by Crippen LogP contribution is -2.30. The molecule has 0 spiro atoms. The lowest BCUT2D eigenvalue weighted by Gasteiger charge is -2.16. The molecule has 1 aromatic heterocycles. The molecular formula is C7H11ClN2OSi. The highest BCUT2D eigenvalue weighted by Gasteiger charge is 2.17. The molecule has 1 aromatic rings. The van der Waals surface area contributed by atoms with E-state index in [1.54, 1.807) is 0 Å². The van der Waals surface area contributed by atoms with Crippen LogP contribution in [0.5, 0.6) is 6.01 Å². The highest BCUT2D eigenvalue weighted by Crippen LogP contribution is 2.11. The summed E-state index contributed by atoms with van der Waals surface area (Å²) in [6.07, 6.45) is 3.06. The fourth-order valence-electron chi connectivity index (χ4n) is 0.627. The van der Waals surface area contributed by atoms with E-state index in [0.29, 0.717) is 11.0 Å². The fraction of sp³-hybridized carbons (Fsp3) is 0.429. The lowest BCUT2D eigenvalue weighted by molar-refractivity contribution is 0.509. The van der Waals surface area contributed by atoms with Crippen LogP contribution in [-0.2, 0) is 0 Å². The maximum absolute atomic E-state index is 5.61. The first-order valence-electron chi connectivity index (χ1n) is 3.64. The SMILES string of the molecule is C[Si](C)(C)Oc1ncc(Cl)cn1. The van der Waals surface area contributed by atoms with E-state index in [0.717, 1.165) is 0 Å². The van der Waals surface area contributed by atoms with E-state index in [1.165, 1.54) is 12.4 Å². The third-order valence-electron chi connectivity index (χ3n) is 0.994. The van der Waals surface area contributed by atoms with Crippen LogP contribution in [0.15, 0.2) is 12.4 Å². The van der Waals surface area contributed by atoms with E-state index in [4.69, 9.17) is 16.0 Å². The van der Waals surface area contributed by atoms with Gasteiger partial charge in [0.15, 0.2) is 0 Å². The van der Waals surface area contributed by atoms with Crippen molar-refractivity contribution in [1.29, 1.82) is 0 Å². The average Bonchev–Trinajstić information content (AvgIpc) is 1.91. The van der Waals surface area contributed by atoms with E-state index in [9.17, 15) is 0 Å². The first-order chi connectivity index (χ1) is 5.47. The number of aromatic nitrogens is 2. The van der Waals surface area contributed by atoms with Crippen LogP contribution in [0.3, 0.4) is 0 Å². The lowest BCUT2D eigenvalue weighted by atomic mass is 10.7. The number of nitrogens with zero attached hydrogens (tertiary/aromatic N) is 2. The van der Waals surface area contributed by atoms with Gasteiger partial charge in [-0.05, 0) is 19.6 Å². The Labute approximate surface area is 77.9 Å². The highest BCUT2D eigenvalue weighted by molar-refractivity contribution is 6.70. The molecule has 0 aliphatic heterocycles. The van der Waals surface area contributed by atoms with Gasteiger partial charge in [0.2, 0.25) is 8.32 Å². The van der Waals surface area contributed by atoms with Crippen molar-refractivity contribution < 1.29 is 4.43 Å². The van der Waals surface area contributed by atoms with Crippen LogP contribution in [0.4, 0.5) is 0 Å². The van der Waals surface area contributed by atoms with Gasteiger partial charge in [-0.25, -0.2) is 9.97 Å². The van der Waals surface area contributed by atoms with Crippen LogP contribution < -0.4 is 4.43 Å². The van der Waals surface area contributed by atoms with Gasteiger partial charge < -0.3 is 4.43 Å². The average molecular weight is 203 g/mol. The molecule has 0 saturated heterocycles. The Balaban J connectivity index is 2.71. The fourth-order valence-corrected chi connectivity index (χ4v) is 1.38. The van der Waals surface area contributed by atoms with Gasteiger partial charge >= 0.3 is 6.01 Å². The number of rotatable bonds is 2. The molecule has 5 heteroatoms. The molecular weight excluding hydrogens is 192 g/mol. The molecule has 1 heterocycles.